The molecule has 0 amide bonds. The minimum atomic E-state index is -0.250. The number of imidazole rings is 1. The summed E-state index contributed by atoms with van der Waals surface area (Å²) in [5.74, 6) is 1.07. The van der Waals surface area contributed by atoms with Crippen LogP contribution in [0, 0.1) is 0 Å². The minimum absolute atomic E-state index is 0.199. The number of hydrogen-bond acceptors (Lipinski definition) is 5. The maximum Gasteiger partial charge on any atom is 0.290 e. The van der Waals surface area contributed by atoms with Gasteiger partial charge >= 0.3 is 0 Å². The van der Waals surface area contributed by atoms with Crippen molar-refractivity contribution < 1.29 is 14.6 Å². The molecule has 3 aromatic rings. The van der Waals surface area contributed by atoms with Crippen molar-refractivity contribution in [1.82, 2.24) is 24.0 Å². The summed E-state index contributed by atoms with van der Waals surface area (Å²) in [6.45, 7) is 4.06. The largest absolute Gasteiger partial charge is 0.483 e. The number of fused-ring (bicyclic) bond motifs is 1. The van der Waals surface area contributed by atoms with Gasteiger partial charge in [0.15, 0.2) is 0 Å². The number of carboxylic acid groups (broad SMARTS) is 1. The molecule has 0 fully saturated rings. The lowest BCUT2D eigenvalue weighted by Gasteiger charge is -2.37. The number of nitrogens with zero attached hydrogens (tertiary/aromatic N) is 5. The third-order valence-electron chi connectivity index (χ3n) is 4.82. The Morgan fingerprint density at radius 3 is 2.86 bits per heavy atom. The molecule has 28 heavy (non-hydrogen) atoms. The van der Waals surface area contributed by atoms with Crippen molar-refractivity contribution in [3.05, 3.63) is 72.3 Å². The van der Waals surface area contributed by atoms with Crippen LogP contribution in [0.15, 0.2) is 55.2 Å². The van der Waals surface area contributed by atoms with Gasteiger partial charge in [0, 0.05) is 63.4 Å². The molecule has 1 aliphatic rings. The van der Waals surface area contributed by atoms with Crippen molar-refractivity contribution in [2.75, 3.05) is 20.3 Å². The van der Waals surface area contributed by atoms with Crippen molar-refractivity contribution in [2.24, 2.45) is 0 Å². The summed E-state index contributed by atoms with van der Waals surface area (Å²) in [5, 5.41) is 6.89. The molecule has 4 rings (SSSR count). The van der Waals surface area contributed by atoms with Crippen molar-refractivity contribution in [1.29, 1.82) is 0 Å². The first kappa shape index (κ1) is 19.8. The molecule has 0 spiro atoms. The van der Waals surface area contributed by atoms with Gasteiger partial charge in [-0.15, -0.1) is 0 Å². The molecule has 4 heterocycles. The van der Waals surface area contributed by atoms with Crippen LogP contribution in [-0.2, 0) is 29.2 Å². The van der Waals surface area contributed by atoms with Gasteiger partial charge in [0.05, 0.1) is 19.2 Å². The average Bonchev–Trinajstić information content (AvgIpc) is 3.37. The van der Waals surface area contributed by atoms with Gasteiger partial charge in [-0.05, 0) is 23.8 Å². The predicted octanol–water partition coefficient (Wildman–Crippen LogP) is 2.03. The lowest BCUT2D eigenvalue weighted by molar-refractivity contribution is -0.122. The Balaban J connectivity index is 0.000000706. The molecular formula is C20H25N5O3. The lowest BCUT2D eigenvalue weighted by Crippen LogP contribution is -2.38. The Hall–Kier alpha value is -2.97. The zero-order chi connectivity index (χ0) is 19.8. The second-order valence-electron chi connectivity index (χ2n) is 6.42. The van der Waals surface area contributed by atoms with Crippen molar-refractivity contribution in [3.8, 4) is 0 Å². The molecule has 0 bridgehead atoms. The van der Waals surface area contributed by atoms with Gasteiger partial charge in [0.1, 0.15) is 5.82 Å². The highest BCUT2D eigenvalue weighted by atomic mass is 16.5. The normalized spacial score (nSPS) is 16.1. The summed E-state index contributed by atoms with van der Waals surface area (Å²) >= 11 is 0. The van der Waals surface area contributed by atoms with E-state index in [9.17, 15) is 0 Å². The summed E-state index contributed by atoms with van der Waals surface area (Å²) in [6, 6.07) is 8.70. The fraction of sp³-hybridized carbons (Fsp3) is 0.350. The highest BCUT2D eigenvalue weighted by Crippen LogP contribution is 2.32. The summed E-state index contributed by atoms with van der Waals surface area (Å²) in [6.07, 6.45) is 9.86. The zero-order valence-corrected chi connectivity index (χ0v) is 15.9. The molecule has 3 aromatic heterocycles. The average molecular weight is 383 g/mol. The Morgan fingerprint density at radius 1 is 1.25 bits per heavy atom. The van der Waals surface area contributed by atoms with Crippen molar-refractivity contribution in [3.63, 3.8) is 0 Å². The zero-order valence-electron chi connectivity index (χ0n) is 15.9. The molecule has 0 aromatic carbocycles. The summed E-state index contributed by atoms with van der Waals surface area (Å²) in [5.41, 5.74) is 2.53. The van der Waals surface area contributed by atoms with E-state index in [1.54, 1.807) is 7.11 Å². The third kappa shape index (κ3) is 4.47. The molecule has 0 saturated heterocycles. The van der Waals surface area contributed by atoms with Gasteiger partial charge in [-0.1, -0.05) is 6.07 Å². The molecule has 0 saturated carbocycles. The van der Waals surface area contributed by atoms with E-state index in [0.717, 1.165) is 32.0 Å². The summed E-state index contributed by atoms with van der Waals surface area (Å²) < 4.78 is 9.73. The predicted molar refractivity (Wildman–Crippen MR) is 104 cm³/mol. The molecule has 0 aliphatic carbocycles. The van der Waals surface area contributed by atoms with Crippen LogP contribution in [0.25, 0.3) is 0 Å². The number of carbonyl (C=O) groups is 1. The van der Waals surface area contributed by atoms with E-state index in [2.05, 4.69) is 48.4 Å². The Kier molecular flexibility index (Phi) is 6.94. The van der Waals surface area contributed by atoms with Gasteiger partial charge in [-0.25, -0.2) is 4.98 Å². The summed E-state index contributed by atoms with van der Waals surface area (Å²) in [4.78, 5) is 19.8. The first-order valence-corrected chi connectivity index (χ1v) is 9.14. The van der Waals surface area contributed by atoms with Gasteiger partial charge in [-0.2, -0.15) is 0 Å². The van der Waals surface area contributed by atoms with Gasteiger partial charge in [0.25, 0.3) is 6.47 Å². The second-order valence-corrected chi connectivity index (χ2v) is 6.42. The van der Waals surface area contributed by atoms with Crippen molar-refractivity contribution >= 4 is 6.47 Å². The molecule has 1 N–H and O–H groups in total. The van der Waals surface area contributed by atoms with E-state index in [0.29, 0.717) is 6.61 Å². The molecule has 148 valence electrons. The van der Waals surface area contributed by atoms with Crippen LogP contribution < -0.4 is 0 Å². The van der Waals surface area contributed by atoms with Gasteiger partial charge in [-0.3, -0.25) is 14.7 Å². The maximum atomic E-state index is 8.36. The number of ether oxygens (including phenoxy) is 1. The first-order valence-electron chi connectivity index (χ1n) is 9.14. The molecule has 1 aliphatic heterocycles. The van der Waals surface area contributed by atoms with E-state index in [-0.39, 0.29) is 12.5 Å². The second kappa shape index (κ2) is 9.82. The molecule has 1 unspecified atom stereocenters. The fourth-order valence-electron chi connectivity index (χ4n) is 3.59. The topological polar surface area (TPSA) is 85.4 Å². The van der Waals surface area contributed by atoms with E-state index < -0.39 is 0 Å². The van der Waals surface area contributed by atoms with Crippen LogP contribution in [0.5, 0.6) is 0 Å². The fourth-order valence-corrected chi connectivity index (χ4v) is 3.59. The van der Waals surface area contributed by atoms with E-state index in [1.807, 2.05) is 30.9 Å². The van der Waals surface area contributed by atoms with Crippen LogP contribution >= 0.6 is 0 Å². The number of hydrogen-bond donors (Lipinski definition) is 1. The van der Waals surface area contributed by atoms with Crippen LogP contribution in [-0.4, -0.2) is 55.8 Å². The molecule has 0 radical (unpaired) electrons. The monoisotopic (exact) mass is 383 g/mol. The smallest absolute Gasteiger partial charge is 0.290 e. The molecule has 8 heteroatoms. The van der Waals surface area contributed by atoms with E-state index >= 15 is 0 Å². The number of pyridine rings is 1. The van der Waals surface area contributed by atoms with Crippen LogP contribution in [0.1, 0.15) is 23.1 Å². The van der Waals surface area contributed by atoms with Gasteiger partial charge < -0.3 is 19.0 Å². The Morgan fingerprint density at radius 2 is 2.11 bits per heavy atom. The van der Waals surface area contributed by atoms with Crippen LogP contribution in [0.4, 0.5) is 0 Å². The minimum Gasteiger partial charge on any atom is -0.483 e. The molecule has 8 nitrogen and oxygen atoms in total. The number of methoxy groups -OCH3 is 1. The highest BCUT2D eigenvalue weighted by Gasteiger charge is 2.29. The SMILES string of the molecule is COCCn1ccnc1CN1CCn2cccc2C1c1cccnc1.O=CO. The highest BCUT2D eigenvalue weighted by molar-refractivity contribution is 5.32. The summed E-state index contributed by atoms with van der Waals surface area (Å²) in [7, 11) is 1.73. The van der Waals surface area contributed by atoms with Crippen LogP contribution in [0.2, 0.25) is 0 Å². The first-order chi connectivity index (χ1) is 13.8. The number of aromatic nitrogens is 4. The van der Waals surface area contributed by atoms with E-state index in [4.69, 9.17) is 14.6 Å². The Labute approximate surface area is 164 Å². The number of rotatable bonds is 6. The quantitative estimate of drug-likeness (QED) is 0.656. The van der Waals surface area contributed by atoms with E-state index in [1.165, 1.54) is 11.3 Å². The standard InChI is InChI=1S/C19H23N5O.CH2O2/c1-25-13-12-23-9-7-21-18(23)15-24-11-10-22-8-3-5-17(22)19(24)16-4-2-6-20-14-16;2-1-3/h2-9,14,19H,10-13,15H2,1H3;1H,(H,2,3). The van der Waals surface area contributed by atoms with Gasteiger partial charge in [0.2, 0.25) is 0 Å². The lowest BCUT2D eigenvalue weighted by atomic mass is 10.0. The van der Waals surface area contributed by atoms with Crippen molar-refractivity contribution in [2.45, 2.75) is 25.7 Å². The van der Waals surface area contributed by atoms with Crippen LogP contribution in [0.3, 0.4) is 0 Å². The molecular weight excluding hydrogens is 358 g/mol. The maximum absolute atomic E-state index is 8.36. The molecule has 1 atom stereocenters. The Bertz CT molecular complexity index is 862. The third-order valence-corrected chi connectivity index (χ3v) is 4.82.